The molecule has 0 aliphatic carbocycles. The smallest absolute Gasteiger partial charge is 0.309 e. The third kappa shape index (κ3) is 6.24. The number of methoxy groups -OCH3 is 1. The highest BCUT2D eigenvalue weighted by molar-refractivity contribution is 5.85. The van der Waals surface area contributed by atoms with Crippen molar-refractivity contribution < 1.29 is 36.6 Å². The van der Waals surface area contributed by atoms with E-state index in [-0.39, 0.29) is 43.4 Å². The summed E-state index contributed by atoms with van der Waals surface area (Å²) in [5, 5.41) is 13.1. The van der Waals surface area contributed by atoms with Gasteiger partial charge in [0.15, 0.2) is 11.6 Å². The van der Waals surface area contributed by atoms with Crippen LogP contribution in [-0.2, 0) is 11.5 Å². The maximum absolute atomic E-state index is 15.7. The van der Waals surface area contributed by atoms with Gasteiger partial charge in [0.05, 0.1) is 18.0 Å². The average molecular weight is 552 g/mol. The highest BCUT2D eigenvalue weighted by atomic mass is 19.2. The van der Waals surface area contributed by atoms with Gasteiger partial charge in [-0.3, -0.25) is 9.78 Å². The predicted octanol–water partition coefficient (Wildman–Crippen LogP) is 6.20. The molecule has 2 heterocycles. The van der Waals surface area contributed by atoms with E-state index in [0.717, 1.165) is 0 Å². The first-order valence-corrected chi connectivity index (χ1v) is 12.7. The second kappa shape index (κ2) is 12.1. The van der Waals surface area contributed by atoms with Gasteiger partial charge >= 0.3 is 5.97 Å². The second-order valence-corrected chi connectivity index (χ2v) is 9.82. The molecule has 3 aromatic rings. The van der Waals surface area contributed by atoms with Crippen LogP contribution in [0.5, 0.6) is 5.75 Å². The maximum atomic E-state index is 15.7. The lowest BCUT2D eigenvalue weighted by molar-refractivity contribution is -0.153. The number of nitrogens with one attached hydrogen (secondary N) is 1. The molecule has 1 aliphatic rings. The Hall–Kier alpha value is -3.47. The molecular formula is C28H30F5N3O3. The van der Waals surface area contributed by atoms with Gasteiger partial charge in [0.1, 0.15) is 30.1 Å². The number of nitrogens with zero attached hydrogens (tertiary/aromatic N) is 2. The van der Waals surface area contributed by atoms with Crippen LogP contribution in [0.3, 0.4) is 0 Å². The third-order valence-electron chi connectivity index (χ3n) is 7.54. The van der Waals surface area contributed by atoms with E-state index in [9.17, 15) is 27.5 Å². The molecule has 1 fully saturated rings. The first kappa shape index (κ1) is 28.5. The van der Waals surface area contributed by atoms with Crippen molar-refractivity contribution in [1.29, 1.82) is 0 Å². The fraction of sp³-hybridized carbons (Fsp3) is 0.429. The molecule has 0 bridgehead atoms. The molecule has 4 rings (SSSR count). The molecule has 0 amide bonds. The number of carboxylic acid groups (broad SMARTS) is 1. The summed E-state index contributed by atoms with van der Waals surface area (Å²) in [4.78, 5) is 18.5. The quantitative estimate of drug-likeness (QED) is 0.277. The molecule has 0 unspecified atom stereocenters. The van der Waals surface area contributed by atoms with Crippen LogP contribution in [0.1, 0.15) is 43.0 Å². The molecule has 0 spiro atoms. The number of aromatic nitrogens is 1. The number of pyridine rings is 1. The molecule has 1 aromatic heterocycles. The van der Waals surface area contributed by atoms with Crippen molar-refractivity contribution in [2.45, 2.75) is 38.5 Å². The van der Waals surface area contributed by atoms with E-state index in [1.54, 1.807) is 18.2 Å². The number of anilines is 1. The molecule has 2 aromatic carbocycles. The number of aliphatic carboxylic acids is 1. The highest BCUT2D eigenvalue weighted by Crippen LogP contribution is 2.41. The summed E-state index contributed by atoms with van der Waals surface area (Å²) >= 11 is 0. The number of alkyl halides is 2. The Balaban J connectivity index is 1.39. The van der Waals surface area contributed by atoms with Crippen LogP contribution in [-0.4, -0.2) is 54.2 Å². The van der Waals surface area contributed by atoms with E-state index in [4.69, 9.17) is 4.74 Å². The second-order valence-electron chi connectivity index (χ2n) is 9.82. The number of fused-ring (bicyclic) bond motifs is 1. The van der Waals surface area contributed by atoms with Gasteiger partial charge in [-0.25, -0.2) is 22.0 Å². The van der Waals surface area contributed by atoms with Crippen molar-refractivity contribution in [1.82, 2.24) is 9.88 Å². The van der Waals surface area contributed by atoms with Gasteiger partial charge in [0.2, 0.25) is 0 Å². The van der Waals surface area contributed by atoms with Crippen LogP contribution in [0, 0.1) is 22.9 Å². The number of benzene rings is 2. The predicted molar refractivity (Wildman–Crippen MR) is 137 cm³/mol. The Morgan fingerprint density at radius 2 is 1.87 bits per heavy atom. The summed E-state index contributed by atoms with van der Waals surface area (Å²) in [5.74, 6) is -3.62. The monoisotopic (exact) mass is 551 g/mol. The Labute approximate surface area is 222 Å². The summed E-state index contributed by atoms with van der Waals surface area (Å²) in [6.07, 6.45) is 0.165. The van der Waals surface area contributed by atoms with Crippen LogP contribution in [0.15, 0.2) is 36.5 Å². The molecule has 210 valence electrons. The molecule has 0 radical (unpaired) electrons. The number of rotatable bonds is 11. The molecule has 1 aliphatic heterocycles. The van der Waals surface area contributed by atoms with E-state index in [2.05, 4.69) is 10.3 Å². The Morgan fingerprint density at radius 1 is 1.18 bits per heavy atom. The topological polar surface area (TPSA) is 74.7 Å². The zero-order chi connectivity index (χ0) is 28.2. The zero-order valence-electron chi connectivity index (χ0n) is 21.5. The van der Waals surface area contributed by atoms with Crippen molar-refractivity contribution in [2.75, 3.05) is 38.6 Å². The van der Waals surface area contributed by atoms with E-state index in [0.29, 0.717) is 48.4 Å². The van der Waals surface area contributed by atoms with Crippen LogP contribution < -0.4 is 10.1 Å². The van der Waals surface area contributed by atoms with Gasteiger partial charge in [0, 0.05) is 47.9 Å². The van der Waals surface area contributed by atoms with E-state index in [1.165, 1.54) is 13.3 Å². The number of likely N-dealkylation sites (tertiary alicyclic amines) is 1. The van der Waals surface area contributed by atoms with Crippen molar-refractivity contribution in [2.24, 2.45) is 5.41 Å². The van der Waals surface area contributed by atoms with Crippen molar-refractivity contribution >= 4 is 22.6 Å². The zero-order valence-corrected chi connectivity index (χ0v) is 21.5. The summed E-state index contributed by atoms with van der Waals surface area (Å²) in [6, 6.07) is 6.12. The summed E-state index contributed by atoms with van der Waals surface area (Å²) < 4.78 is 75.5. The molecule has 1 atom stereocenters. The minimum atomic E-state index is -1.60. The average Bonchev–Trinajstić information content (AvgIpc) is 2.92. The number of halogens is 5. The normalized spacial score (nSPS) is 16.3. The molecule has 0 saturated carbocycles. The van der Waals surface area contributed by atoms with Gasteiger partial charge < -0.3 is 20.1 Å². The summed E-state index contributed by atoms with van der Waals surface area (Å²) in [7, 11) is 1.47. The van der Waals surface area contributed by atoms with E-state index >= 15 is 4.39 Å². The molecule has 1 saturated heterocycles. The molecule has 6 nitrogen and oxygen atoms in total. The first-order chi connectivity index (χ1) is 18.7. The lowest BCUT2D eigenvalue weighted by Gasteiger charge is -2.39. The van der Waals surface area contributed by atoms with E-state index < -0.39 is 47.4 Å². The fourth-order valence-electron chi connectivity index (χ4n) is 5.21. The van der Waals surface area contributed by atoms with Crippen molar-refractivity contribution in [3.63, 3.8) is 0 Å². The van der Waals surface area contributed by atoms with Crippen molar-refractivity contribution in [3.05, 3.63) is 65.1 Å². The number of carbonyl (C=O) groups is 1. The number of hydrogen-bond acceptors (Lipinski definition) is 5. The Kier molecular flexibility index (Phi) is 8.89. The largest absolute Gasteiger partial charge is 0.497 e. The van der Waals surface area contributed by atoms with Crippen LogP contribution >= 0.6 is 0 Å². The minimum Gasteiger partial charge on any atom is -0.497 e. The maximum Gasteiger partial charge on any atom is 0.309 e. The summed E-state index contributed by atoms with van der Waals surface area (Å²) in [5.41, 5.74) is -0.813. The van der Waals surface area contributed by atoms with Gasteiger partial charge in [-0.2, -0.15) is 0 Å². The van der Waals surface area contributed by atoms with Crippen molar-refractivity contribution in [3.8, 4) is 5.75 Å². The lowest BCUT2D eigenvalue weighted by atomic mass is 9.74. The standard InChI is InChI=1S/C28H30F5N3O3/c1-39-19-2-3-24-20(14-19)25(17(15-29)16-35-24)21(31)4-5-28(27(37)38)6-9-36(10-7-28)11-8-34-26-22(32)12-18(30)13-23(26)33/h2-3,12-14,16,21,34H,4-11,15H2,1H3,(H,37,38)/t21-/m0/s1. The molecule has 11 heteroatoms. The number of carboxylic acids is 1. The highest BCUT2D eigenvalue weighted by Gasteiger charge is 2.41. The minimum absolute atomic E-state index is 0.0566. The van der Waals surface area contributed by atoms with Crippen LogP contribution in [0.2, 0.25) is 0 Å². The van der Waals surface area contributed by atoms with Gasteiger partial charge in [-0.05, 0) is 57.0 Å². The number of hydrogen-bond donors (Lipinski definition) is 2. The van der Waals surface area contributed by atoms with Gasteiger partial charge in [0.25, 0.3) is 0 Å². The van der Waals surface area contributed by atoms with Gasteiger partial charge in [-0.15, -0.1) is 0 Å². The Morgan fingerprint density at radius 3 is 2.49 bits per heavy atom. The number of ether oxygens (including phenoxy) is 1. The Bertz CT molecular complexity index is 1300. The fourth-order valence-corrected chi connectivity index (χ4v) is 5.21. The van der Waals surface area contributed by atoms with Crippen LogP contribution in [0.4, 0.5) is 27.6 Å². The van der Waals surface area contributed by atoms with Gasteiger partial charge in [-0.1, -0.05) is 0 Å². The third-order valence-corrected chi connectivity index (χ3v) is 7.54. The van der Waals surface area contributed by atoms with E-state index in [1.807, 2.05) is 4.90 Å². The molecule has 39 heavy (non-hydrogen) atoms. The number of piperidine rings is 1. The SMILES string of the molecule is COc1ccc2ncc(CF)c([C@@H](F)CCC3(C(=O)O)CCN(CCNc4c(F)cc(F)cc4F)CC3)c2c1. The molecule has 2 N–H and O–H groups in total. The first-order valence-electron chi connectivity index (χ1n) is 12.7. The van der Waals surface area contributed by atoms with Crippen LogP contribution in [0.25, 0.3) is 10.9 Å². The summed E-state index contributed by atoms with van der Waals surface area (Å²) in [6.45, 7) is 0.419. The molecular weight excluding hydrogens is 521 g/mol. The lowest BCUT2D eigenvalue weighted by Crippen LogP contribution is -2.45.